The molecule has 1 aliphatic heterocycles. The van der Waals surface area contributed by atoms with Crippen molar-refractivity contribution in [2.24, 2.45) is 5.41 Å². The molecule has 4 heteroatoms. The third-order valence-corrected chi connectivity index (χ3v) is 3.32. The van der Waals surface area contributed by atoms with E-state index in [1.165, 1.54) is 0 Å². The molecule has 1 aliphatic rings. The highest BCUT2D eigenvalue weighted by atomic mass is 16.2. The maximum atomic E-state index is 12.4. The van der Waals surface area contributed by atoms with Gasteiger partial charge in [0.2, 0.25) is 0 Å². The number of anilines is 1. The van der Waals surface area contributed by atoms with Crippen molar-refractivity contribution in [2.45, 2.75) is 39.9 Å². The Hall–Kier alpha value is -1.68. The Morgan fingerprint density at radius 2 is 1.79 bits per heavy atom. The molecule has 1 aromatic carbocycles. The molecule has 0 radical (unpaired) electrons. The van der Waals surface area contributed by atoms with E-state index in [0.29, 0.717) is 0 Å². The largest absolute Gasteiger partial charge is 0.297 e. The highest BCUT2D eigenvalue weighted by Gasteiger charge is 2.44. The zero-order chi connectivity index (χ0) is 14.2. The topological polar surface area (TPSA) is 49.4 Å². The number of benzene rings is 1. The summed E-state index contributed by atoms with van der Waals surface area (Å²) < 4.78 is 0. The van der Waals surface area contributed by atoms with Gasteiger partial charge in [-0.15, -0.1) is 0 Å². The number of carbonyl (C=O) groups excluding carboxylic acids is 2. The van der Waals surface area contributed by atoms with Crippen LogP contribution in [0.15, 0.2) is 30.3 Å². The first kappa shape index (κ1) is 13.7. The maximum Gasteiger partial charge on any atom is 0.253 e. The number of hydrogen-bond donors (Lipinski definition) is 1. The molecular formula is C15H20N2O2. The average Bonchev–Trinajstić information content (AvgIpc) is 2.64. The fourth-order valence-corrected chi connectivity index (χ4v) is 2.28. The van der Waals surface area contributed by atoms with E-state index < -0.39 is 11.5 Å². The molecule has 1 fully saturated rings. The minimum atomic E-state index is -0.741. The van der Waals surface area contributed by atoms with Crippen molar-refractivity contribution in [3.63, 3.8) is 0 Å². The van der Waals surface area contributed by atoms with E-state index >= 15 is 0 Å². The smallest absolute Gasteiger partial charge is 0.253 e. The maximum absolute atomic E-state index is 12.4. The quantitative estimate of drug-likeness (QED) is 0.827. The Morgan fingerprint density at radius 3 is 2.32 bits per heavy atom. The van der Waals surface area contributed by atoms with Crippen molar-refractivity contribution in [3.05, 3.63) is 30.3 Å². The first-order chi connectivity index (χ1) is 8.82. The molecule has 1 saturated heterocycles. The predicted octanol–water partition coefficient (Wildman–Crippen LogP) is 1.95. The average molecular weight is 260 g/mol. The summed E-state index contributed by atoms with van der Waals surface area (Å²) in [5.41, 5.74) is 0.288. The molecule has 0 bridgehead atoms. The molecule has 2 unspecified atom stereocenters. The third kappa shape index (κ3) is 2.54. The van der Waals surface area contributed by atoms with E-state index in [0.717, 1.165) is 5.69 Å². The molecule has 102 valence electrons. The van der Waals surface area contributed by atoms with E-state index in [9.17, 15) is 9.59 Å². The van der Waals surface area contributed by atoms with Crippen molar-refractivity contribution >= 4 is 17.4 Å². The zero-order valence-electron chi connectivity index (χ0n) is 11.8. The van der Waals surface area contributed by atoms with Crippen LogP contribution in [0.1, 0.15) is 27.7 Å². The summed E-state index contributed by atoms with van der Waals surface area (Å²) in [7, 11) is 0. The first-order valence-corrected chi connectivity index (χ1v) is 6.51. The number of hydrogen-bond acceptors (Lipinski definition) is 3. The predicted molar refractivity (Wildman–Crippen MR) is 74.8 cm³/mol. The second-order valence-corrected chi connectivity index (χ2v) is 5.93. The SMILES string of the molecule is CC1NC(C(=O)C(C)(C)C)C(=O)N1c1ccccc1. The summed E-state index contributed by atoms with van der Waals surface area (Å²) in [6.07, 6.45) is -0.175. The molecule has 1 N–H and O–H groups in total. The minimum absolute atomic E-state index is 0.0669. The van der Waals surface area contributed by atoms with Crippen LogP contribution in [-0.4, -0.2) is 23.9 Å². The number of Topliss-reactive ketones (excluding diaryl/α,β-unsaturated/α-hetero) is 1. The lowest BCUT2D eigenvalue weighted by Crippen LogP contribution is -2.44. The van der Waals surface area contributed by atoms with Gasteiger partial charge in [0, 0.05) is 11.1 Å². The van der Waals surface area contributed by atoms with E-state index in [1.54, 1.807) is 4.90 Å². The Morgan fingerprint density at radius 1 is 1.21 bits per heavy atom. The second-order valence-electron chi connectivity index (χ2n) is 5.93. The summed E-state index contributed by atoms with van der Waals surface area (Å²) in [4.78, 5) is 26.4. The molecule has 4 nitrogen and oxygen atoms in total. The van der Waals surface area contributed by atoms with Gasteiger partial charge in [0.25, 0.3) is 5.91 Å². The van der Waals surface area contributed by atoms with Crippen LogP contribution in [0, 0.1) is 5.41 Å². The van der Waals surface area contributed by atoms with Gasteiger partial charge in [-0.3, -0.25) is 19.8 Å². The van der Waals surface area contributed by atoms with E-state index in [-0.39, 0.29) is 17.9 Å². The van der Waals surface area contributed by atoms with Gasteiger partial charge >= 0.3 is 0 Å². The second kappa shape index (κ2) is 4.78. The van der Waals surface area contributed by atoms with Crippen LogP contribution >= 0.6 is 0 Å². The number of nitrogens with one attached hydrogen (secondary N) is 1. The van der Waals surface area contributed by atoms with Crippen LogP contribution in [0.4, 0.5) is 5.69 Å². The molecule has 2 rings (SSSR count). The summed E-state index contributed by atoms with van der Waals surface area (Å²) in [5, 5.41) is 3.09. The van der Waals surface area contributed by atoms with E-state index in [1.807, 2.05) is 58.0 Å². The van der Waals surface area contributed by atoms with Crippen LogP contribution in [-0.2, 0) is 9.59 Å². The minimum Gasteiger partial charge on any atom is -0.297 e. The molecular weight excluding hydrogens is 240 g/mol. The van der Waals surface area contributed by atoms with Crippen molar-refractivity contribution in [3.8, 4) is 0 Å². The van der Waals surface area contributed by atoms with Gasteiger partial charge in [0.05, 0.1) is 6.17 Å². The zero-order valence-corrected chi connectivity index (χ0v) is 11.8. The Balaban J connectivity index is 2.27. The first-order valence-electron chi connectivity index (χ1n) is 6.51. The summed E-state index contributed by atoms with van der Waals surface area (Å²) in [5.74, 6) is -0.235. The number of ketones is 1. The molecule has 2 atom stereocenters. The van der Waals surface area contributed by atoms with Gasteiger partial charge in [-0.05, 0) is 19.1 Å². The molecule has 1 heterocycles. The monoisotopic (exact) mass is 260 g/mol. The van der Waals surface area contributed by atoms with Crippen molar-refractivity contribution in [1.82, 2.24) is 5.32 Å². The lowest BCUT2D eigenvalue weighted by Gasteiger charge is -2.21. The number of rotatable bonds is 2. The Labute approximate surface area is 113 Å². The Kier molecular flexibility index (Phi) is 3.45. The normalized spacial score (nSPS) is 23.8. The van der Waals surface area contributed by atoms with Crippen LogP contribution in [0.3, 0.4) is 0 Å². The molecule has 0 aliphatic carbocycles. The molecule has 0 aromatic heterocycles. The third-order valence-electron chi connectivity index (χ3n) is 3.32. The summed E-state index contributed by atoms with van der Waals surface area (Å²) in [6.45, 7) is 7.39. The van der Waals surface area contributed by atoms with Gasteiger partial charge < -0.3 is 0 Å². The van der Waals surface area contributed by atoms with Crippen LogP contribution in [0.2, 0.25) is 0 Å². The van der Waals surface area contributed by atoms with E-state index in [2.05, 4.69) is 5.32 Å². The van der Waals surface area contributed by atoms with Crippen molar-refractivity contribution in [1.29, 1.82) is 0 Å². The lowest BCUT2D eigenvalue weighted by atomic mass is 9.86. The number of nitrogens with zero attached hydrogens (tertiary/aromatic N) is 1. The molecule has 19 heavy (non-hydrogen) atoms. The van der Waals surface area contributed by atoms with Crippen LogP contribution in [0.5, 0.6) is 0 Å². The highest BCUT2D eigenvalue weighted by molar-refractivity contribution is 6.15. The fourth-order valence-electron chi connectivity index (χ4n) is 2.28. The van der Waals surface area contributed by atoms with Gasteiger partial charge in [-0.2, -0.15) is 0 Å². The Bertz CT molecular complexity index is 491. The molecule has 1 amide bonds. The summed E-state index contributed by atoms with van der Waals surface area (Å²) >= 11 is 0. The molecule has 0 saturated carbocycles. The van der Waals surface area contributed by atoms with Gasteiger partial charge in [-0.25, -0.2) is 0 Å². The van der Waals surface area contributed by atoms with Crippen LogP contribution < -0.4 is 10.2 Å². The van der Waals surface area contributed by atoms with Gasteiger partial charge in [0.15, 0.2) is 5.78 Å². The van der Waals surface area contributed by atoms with Gasteiger partial charge in [0.1, 0.15) is 6.04 Å². The highest BCUT2D eigenvalue weighted by Crippen LogP contribution is 2.25. The number of carbonyl (C=O) groups is 2. The van der Waals surface area contributed by atoms with Crippen LogP contribution in [0.25, 0.3) is 0 Å². The molecule has 1 aromatic rings. The fraction of sp³-hybridized carbons (Fsp3) is 0.467. The summed E-state index contributed by atoms with van der Waals surface area (Å²) in [6, 6.07) is 8.68. The van der Waals surface area contributed by atoms with Crippen molar-refractivity contribution in [2.75, 3.05) is 4.90 Å². The van der Waals surface area contributed by atoms with E-state index in [4.69, 9.17) is 0 Å². The number of amides is 1. The number of para-hydroxylation sites is 1. The molecule has 0 spiro atoms. The standard InChI is InChI=1S/C15H20N2O2/c1-10-16-12(13(18)15(2,3)4)14(19)17(10)11-8-6-5-7-9-11/h5-10,12,16H,1-4H3. The van der Waals surface area contributed by atoms with Gasteiger partial charge in [-0.1, -0.05) is 39.0 Å². The lowest BCUT2D eigenvalue weighted by molar-refractivity contribution is -0.133. The van der Waals surface area contributed by atoms with Crippen molar-refractivity contribution < 1.29 is 9.59 Å².